The molecule has 0 saturated carbocycles. The summed E-state index contributed by atoms with van der Waals surface area (Å²) < 4.78 is 18.9. The molecule has 5 aromatic carbocycles. The highest BCUT2D eigenvalue weighted by Gasteiger charge is 2.37. The van der Waals surface area contributed by atoms with E-state index in [9.17, 15) is 28.8 Å². The van der Waals surface area contributed by atoms with Crippen molar-refractivity contribution >= 4 is 52.3 Å². The van der Waals surface area contributed by atoms with Gasteiger partial charge in [-0.3, -0.25) is 28.8 Å². The number of methoxy groups -OCH3 is 1. The molecule has 0 saturated heterocycles. The maximum atomic E-state index is 14.2. The molecule has 4 aliphatic heterocycles. The van der Waals surface area contributed by atoms with E-state index in [0.29, 0.717) is 104 Å². The zero-order chi connectivity index (χ0) is 54.3. The second-order valence-electron chi connectivity index (χ2n) is 21.1. The number of hydrogen-bond donors (Lipinski definition) is 4. The molecule has 0 bridgehead atoms. The summed E-state index contributed by atoms with van der Waals surface area (Å²) in [5.74, 6) is -0.267. The van der Waals surface area contributed by atoms with E-state index in [2.05, 4.69) is 56.5 Å². The minimum Gasteiger partial charge on any atom is -0.493 e. The normalized spacial score (nSPS) is 17.1. The fourth-order valence-corrected chi connectivity index (χ4v) is 10.9. The lowest BCUT2D eigenvalue weighted by molar-refractivity contribution is -0.129. The van der Waals surface area contributed by atoms with Gasteiger partial charge >= 0.3 is 0 Å². The minimum absolute atomic E-state index is 0.00582. The summed E-state index contributed by atoms with van der Waals surface area (Å²) in [6.07, 6.45) is 3.10. The summed E-state index contributed by atoms with van der Waals surface area (Å²) in [5, 5.41) is 12.3. The third-order valence-electron chi connectivity index (χ3n) is 15.3. The first-order chi connectivity index (χ1) is 37.2. The number of carbonyl (C=O) groups excluding carboxylic acids is 6. The Morgan fingerprint density at radius 3 is 2.04 bits per heavy atom. The smallest absolute Gasteiger partial charge is 0.256 e. The zero-order valence-corrected chi connectivity index (χ0v) is 45.1. The lowest BCUT2D eigenvalue weighted by atomic mass is 9.93. The zero-order valence-electron chi connectivity index (χ0n) is 45.1. The number of ether oxygens (including phenoxy) is 3. The van der Waals surface area contributed by atoms with Crippen LogP contribution in [0.3, 0.4) is 0 Å². The minimum atomic E-state index is -0.803. The Hall–Kier alpha value is -7.72. The summed E-state index contributed by atoms with van der Waals surface area (Å²) >= 11 is 0. The Morgan fingerprint density at radius 2 is 1.36 bits per heavy atom. The van der Waals surface area contributed by atoms with Crippen LogP contribution < -0.4 is 40.4 Å². The maximum Gasteiger partial charge on any atom is 0.256 e. The highest BCUT2D eigenvalue weighted by Crippen LogP contribution is 2.39. The number of ketones is 2. The number of anilines is 3. The average molecular weight is 1050 g/mol. The summed E-state index contributed by atoms with van der Waals surface area (Å²) in [7, 11) is 3.55. The molecule has 5 aromatic rings. The number of rotatable bonds is 21. The van der Waals surface area contributed by atoms with Gasteiger partial charge < -0.3 is 50.2 Å². The standard InChI is InChI=1S/C61H71N7O9/c1-7-62-31-49(69)18-12-13-19-58(71)64-39(4)54(70)21-38(3)59(72)65-46-23-40(35-76-55-29-53-51(20-37(55)2)61(74)68-33-45-17-11-9-15-43(45)26-48(68)34-66(53)5)22-41(24-46)36-77-57-28-52-50(27-56(57)75-6)60(73)67-32-44-16-10-8-14-42(44)25-47(67)30-63-52/h8-11,14-17,20,22-24,27-29,38-39,47-48,62-63H,7,12-13,18-19,21,25-26,30-36H2,1-6H3,(H,64,71)(H,65,72)/t38-,39+,47+,48+/m1/s1. The number of hydrogen-bond acceptors (Lipinski definition) is 12. The van der Waals surface area contributed by atoms with Crippen molar-refractivity contribution in [2.24, 2.45) is 5.92 Å². The molecule has 0 radical (unpaired) electrons. The van der Waals surface area contributed by atoms with Crippen molar-refractivity contribution in [3.8, 4) is 17.2 Å². The molecule has 4 N–H and O–H groups in total. The van der Waals surface area contributed by atoms with Crippen LogP contribution in [-0.4, -0.2) is 103 Å². The van der Waals surface area contributed by atoms with Crippen LogP contribution in [0.2, 0.25) is 0 Å². The van der Waals surface area contributed by atoms with E-state index < -0.39 is 12.0 Å². The lowest BCUT2D eigenvalue weighted by Crippen LogP contribution is -2.47. The van der Waals surface area contributed by atoms with Crippen molar-refractivity contribution in [1.82, 2.24) is 20.4 Å². The maximum absolute atomic E-state index is 14.2. The largest absolute Gasteiger partial charge is 0.493 e. The predicted octanol–water partition coefficient (Wildman–Crippen LogP) is 7.95. The predicted molar refractivity (Wildman–Crippen MR) is 296 cm³/mol. The number of benzene rings is 5. The van der Waals surface area contributed by atoms with E-state index in [-0.39, 0.29) is 73.3 Å². The van der Waals surface area contributed by atoms with Gasteiger partial charge in [-0.05, 0) is 115 Å². The number of aryl methyl sites for hydroxylation is 1. The Labute approximate surface area is 451 Å². The highest BCUT2D eigenvalue weighted by atomic mass is 16.5. The monoisotopic (exact) mass is 1050 g/mol. The molecule has 4 aliphatic rings. The number of Topliss-reactive ketones (excluding diaryl/α,β-unsaturated/α-hetero) is 2. The summed E-state index contributed by atoms with van der Waals surface area (Å²) in [4.78, 5) is 86.3. The van der Waals surface area contributed by atoms with Crippen molar-refractivity contribution in [1.29, 1.82) is 0 Å². The first kappa shape index (κ1) is 54.1. The number of amides is 4. The fourth-order valence-electron chi connectivity index (χ4n) is 10.9. The van der Waals surface area contributed by atoms with Gasteiger partial charge in [0.25, 0.3) is 11.8 Å². The van der Waals surface area contributed by atoms with Crippen LogP contribution in [-0.2, 0) is 58.3 Å². The molecular formula is C61H71N7O9. The molecule has 404 valence electrons. The second kappa shape index (κ2) is 24.1. The number of fused-ring (bicyclic) bond motifs is 6. The highest BCUT2D eigenvalue weighted by molar-refractivity contribution is 6.02. The van der Waals surface area contributed by atoms with Gasteiger partial charge in [-0.1, -0.05) is 62.4 Å². The second-order valence-corrected chi connectivity index (χ2v) is 21.1. The molecule has 0 aliphatic carbocycles. The van der Waals surface area contributed by atoms with Crippen LogP contribution in [0.15, 0.2) is 91.0 Å². The van der Waals surface area contributed by atoms with Gasteiger partial charge in [0.15, 0.2) is 17.3 Å². The van der Waals surface area contributed by atoms with Crippen molar-refractivity contribution in [3.63, 3.8) is 0 Å². The Morgan fingerprint density at radius 1 is 0.740 bits per heavy atom. The number of likely N-dealkylation sites (N-methyl/N-ethyl adjacent to an activating group) is 2. The summed E-state index contributed by atoms with van der Waals surface area (Å²) in [5.41, 5.74) is 10.0. The lowest BCUT2D eigenvalue weighted by Gasteiger charge is -2.36. The van der Waals surface area contributed by atoms with Crippen LogP contribution in [0.5, 0.6) is 17.2 Å². The molecule has 77 heavy (non-hydrogen) atoms. The van der Waals surface area contributed by atoms with E-state index in [4.69, 9.17) is 14.2 Å². The fraction of sp³-hybridized carbons (Fsp3) is 0.410. The molecule has 0 spiro atoms. The third-order valence-corrected chi connectivity index (χ3v) is 15.3. The van der Waals surface area contributed by atoms with Crippen LogP contribution in [0, 0.1) is 12.8 Å². The van der Waals surface area contributed by atoms with Gasteiger partial charge in [-0.15, -0.1) is 0 Å². The summed E-state index contributed by atoms with van der Waals surface area (Å²) in [6, 6.07) is 28.7. The van der Waals surface area contributed by atoms with Crippen molar-refractivity contribution in [2.45, 2.75) is 117 Å². The van der Waals surface area contributed by atoms with Crippen LogP contribution in [0.4, 0.5) is 17.1 Å². The molecule has 4 heterocycles. The van der Waals surface area contributed by atoms with Crippen molar-refractivity contribution in [3.05, 3.63) is 141 Å². The molecule has 4 amide bonds. The molecule has 9 rings (SSSR count). The van der Waals surface area contributed by atoms with Gasteiger partial charge in [0.2, 0.25) is 11.8 Å². The van der Waals surface area contributed by atoms with Crippen molar-refractivity contribution < 1.29 is 43.0 Å². The Bertz CT molecular complexity index is 3070. The van der Waals surface area contributed by atoms with Crippen LogP contribution in [0.25, 0.3) is 0 Å². The van der Waals surface area contributed by atoms with E-state index in [0.717, 1.165) is 35.2 Å². The van der Waals surface area contributed by atoms with Gasteiger partial charge in [0, 0.05) is 76.2 Å². The Kier molecular flexibility index (Phi) is 16.9. The van der Waals surface area contributed by atoms with Crippen molar-refractivity contribution in [2.75, 3.05) is 55.9 Å². The van der Waals surface area contributed by atoms with Gasteiger partial charge in [-0.2, -0.15) is 0 Å². The molecule has 0 fully saturated rings. The molecular weight excluding hydrogens is 975 g/mol. The topological polar surface area (TPSA) is 188 Å². The molecule has 16 heteroatoms. The first-order valence-corrected chi connectivity index (χ1v) is 27.0. The van der Waals surface area contributed by atoms with Crippen LogP contribution in [0.1, 0.15) is 113 Å². The van der Waals surface area contributed by atoms with E-state index in [1.54, 1.807) is 32.0 Å². The van der Waals surface area contributed by atoms with Gasteiger partial charge in [0.1, 0.15) is 24.7 Å². The first-order valence-electron chi connectivity index (χ1n) is 27.0. The average Bonchev–Trinajstić information content (AvgIpc) is 3.63. The van der Waals surface area contributed by atoms with E-state index in [1.165, 1.54) is 23.8 Å². The van der Waals surface area contributed by atoms with E-state index in [1.807, 2.05) is 73.2 Å². The third kappa shape index (κ3) is 12.6. The van der Waals surface area contributed by atoms with Gasteiger partial charge in [0.05, 0.1) is 54.3 Å². The quantitative estimate of drug-likeness (QED) is 0.0521. The summed E-state index contributed by atoms with van der Waals surface area (Å²) in [6.45, 7) is 10.6. The number of nitrogens with zero attached hydrogens (tertiary/aromatic N) is 3. The number of carbonyl (C=O) groups is 6. The molecule has 0 unspecified atom stereocenters. The Balaban J connectivity index is 0.907. The van der Waals surface area contributed by atoms with Gasteiger partial charge in [-0.25, -0.2) is 0 Å². The molecule has 16 nitrogen and oxygen atoms in total. The molecule has 0 aromatic heterocycles. The van der Waals surface area contributed by atoms with Crippen LogP contribution >= 0.6 is 0 Å². The van der Waals surface area contributed by atoms with E-state index >= 15 is 0 Å². The number of nitrogens with one attached hydrogen (secondary N) is 4. The SMILES string of the molecule is CCNCC(=O)CCCCC(=O)N[C@@H](C)C(=O)C[C@@H](C)C(=O)Nc1cc(COc2cc3c(cc2C)C(=O)N2Cc4ccccc4C[C@H]2CN3C)cc(COc2cc3c(cc2OC)C(=O)N2Cc4ccccc4C[C@H]2CN3)c1. The number of unbranched alkanes of at least 4 members (excludes halogenated alkanes) is 1. The molecule has 4 atom stereocenters.